The fourth-order valence-corrected chi connectivity index (χ4v) is 3.05. The summed E-state index contributed by atoms with van der Waals surface area (Å²) in [5.74, 6) is 1.74. The molecule has 0 amide bonds. The molecule has 0 atom stereocenters. The lowest BCUT2D eigenvalue weighted by Crippen LogP contribution is -2.19. The van der Waals surface area contributed by atoms with Gasteiger partial charge < -0.3 is 15.4 Å². The van der Waals surface area contributed by atoms with Crippen LogP contribution in [0.15, 0.2) is 36.5 Å². The lowest BCUT2D eigenvalue weighted by Gasteiger charge is -2.17. The monoisotopic (exact) mass is 322 g/mol. The van der Waals surface area contributed by atoms with Crippen LogP contribution >= 0.6 is 0 Å². The molecule has 1 aromatic carbocycles. The summed E-state index contributed by atoms with van der Waals surface area (Å²) in [4.78, 5) is 6.73. The zero-order valence-corrected chi connectivity index (χ0v) is 13.7. The van der Waals surface area contributed by atoms with Crippen LogP contribution in [0.25, 0.3) is 0 Å². The number of nitrogens with zero attached hydrogens (tertiary/aromatic N) is 2. The van der Waals surface area contributed by atoms with Crippen molar-refractivity contribution in [3.63, 3.8) is 0 Å². The first kappa shape index (κ1) is 15.0. The van der Waals surface area contributed by atoms with E-state index in [1.165, 1.54) is 12.8 Å². The zero-order chi connectivity index (χ0) is 16.5. The van der Waals surface area contributed by atoms with Gasteiger partial charge in [0.25, 0.3) is 0 Å². The molecule has 1 aliphatic carbocycles. The Labute approximate surface area is 142 Å². The molecule has 0 bridgehead atoms. The van der Waals surface area contributed by atoms with Crippen molar-refractivity contribution in [2.45, 2.75) is 31.8 Å². The molecule has 1 saturated heterocycles. The van der Waals surface area contributed by atoms with Gasteiger partial charge in [-0.15, -0.1) is 0 Å². The van der Waals surface area contributed by atoms with Crippen molar-refractivity contribution in [1.29, 1.82) is 5.41 Å². The average molecular weight is 322 g/mol. The summed E-state index contributed by atoms with van der Waals surface area (Å²) < 4.78 is 5.84. The van der Waals surface area contributed by atoms with Crippen LogP contribution in [0.3, 0.4) is 0 Å². The molecule has 3 N–H and O–H groups in total. The minimum absolute atomic E-state index is 0.332. The summed E-state index contributed by atoms with van der Waals surface area (Å²) in [5.41, 5.74) is 8.68. The molecule has 0 unspecified atom stereocenters. The zero-order valence-electron chi connectivity index (χ0n) is 13.7. The first-order chi connectivity index (χ1) is 11.7. The van der Waals surface area contributed by atoms with Gasteiger partial charge in [0.1, 0.15) is 11.6 Å². The third kappa shape index (κ3) is 3.07. The van der Waals surface area contributed by atoms with E-state index in [1.807, 2.05) is 30.3 Å². The second-order valence-electron chi connectivity index (χ2n) is 6.54. The second kappa shape index (κ2) is 6.15. The maximum atomic E-state index is 8.59. The van der Waals surface area contributed by atoms with Crippen LogP contribution < -0.4 is 15.4 Å². The Bertz CT molecular complexity index is 764. The molecule has 124 valence electrons. The van der Waals surface area contributed by atoms with Gasteiger partial charge >= 0.3 is 0 Å². The number of hydrogen-bond donors (Lipinski definition) is 2. The van der Waals surface area contributed by atoms with E-state index in [0.717, 1.165) is 43.1 Å². The molecule has 2 aliphatic rings. The third-order valence-corrected chi connectivity index (χ3v) is 4.59. The standard InChI is InChI=1S/C19H22N4O/c20-17-6-5-15(24-14-3-4-14)12-16(17)19(21)13-7-8-22-18(11-13)23-9-1-2-10-23/h5-8,11-12,14,21H,1-4,9-10,20H2. The molecular formula is C19H22N4O. The number of nitrogens with two attached hydrogens (primary N) is 1. The van der Waals surface area contributed by atoms with E-state index >= 15 is 0 Å². The van der Waals surface area contributed by atoms with Crippen LogP contribution in [0.1, 0.15) is 36.8 Å². The predicted octanol–water partition coefficient (Wildman–Crippen LogP) is 3.22. The molecule has 1 aliphatic heterocycles. The summed E-state index contributed by atoms with van der Waals surface area (Å²) in [5, 5.41) is 8.59. The van der Waals surface area contributed by atoms with E-state index in [0.29, 0.717) is 23.1 Å². The van der Waals surface area contributed by atoms with Gasteiger partial charge in [-0.25, -0.2) is 4.98 Å². The summed E-state index contributed by atoms with van der Waals surface area (Å²) in [7, 11) is 0. The highest BCUT2D eigenvalue weighted by atomic mass is 16.5. The Balaban J connectivity index is 1.61. The van der Waals surface area contributed by atoms with Crippen LogP contribution in [-0.4, -0.2) is 29.9 Å². The van der Waals surface area contributed by atoms with E-state index in [1.54, 1.807) is 6.20 Å². The van der Waals surface area contributed by atoms with Gasteiger partial charge in [0.15, 0.2) is 0 Å². The topological polar surface area (TPSA) is 75.2 Å². The van der Waals surface area contributed by atoms with Crippen molar-refractivity contribution < 1.29 is 4.74 Å². The van der Waals surface area contributed by atoms with Gasteiger partial charge in [0, 0.05) is 36.1 Å². The largest absolute Gasteiger partial charge is 0.490 e. The smallest absolute Gasteiger partial charge is 0.129 e. The summed E-state index contributed by atoms with van der Waals surface area (Å²) in [6.07, 6.45) is 6.74. The van der Waals surface area contributed by atoms with Crippen LogP contribution in [-0.2, 0) is 0 Å². The van der Waals surface area contributed by atoms with Crippen molar-refractivity contribution in [1.82, 2.24) is 4.98 Å². The van der Waals surface area contributed by atoms with Crippen LogP contribution in [0.4, 0.5) is 11.5 Å². The Morgan fingerprint density at radius 2 is 1.96 bits per heavy atom. The van der Waals surface area contributed by atoms with Gasteiger partial charge in [0.05, 0.1) is 11.8 Å². The highest BCUT2D eigenvalue weighted by Crippen LogP contribution is 2.30. The number of aromatic nitrogens is 1. The molecule has 0 radical (unpaired) electrons. The third-order valence-electron chi connectivity index (χ3n) is 4.59. The van der Waals surface area contributed by atoms with Gasteiger partial charge in [0.2, 0.25) is 0 Å². The molecular weight excluding hydrogens is 300 g/mol. The normalized spacial score (nSPS) is 17.1. The second-order valence-corrected chi connectivity index (χ2v) is 6.54. The highest BCUT2D eigenvalue weighted by Gasteiger charge is 2.24. The quantitative estimate of drug-likeness (QED) is 0.654. The summed E-state index contributed by atoms with van der Waals surface area (Å²) in [6.45, 7) is 2.08. The van der Waals surface area contributed by atoms with Crippen LogP contribution in [0.2, 0.25) is 0 Å². The van der Waals surface area contributed by atoms with Crippen molar-refractivity contribution >= 4 is 17.2 Å². The number of nitrogens with one attached hydrogen (secondary N) is 1. The fraction of sp³-hybridized carbons (Fsp3) is 0.368. The number of nitrogen functional groups attached to an aromatic ring is 1. The van der Waals surface area contributed by atoms with Gasteiger partial charge in [-0.2, -0.15) is 0 Å². The van der Waals surface area contributed by atoms with E-state index in [4.69, 9.17) is 15.9 Å². The van der Waals surface area contributed by atoms with Crippen molar-refractivity contribution in [3.05, 3.63) is 47.7 Å². The Morgan fingerprint density at radius 1 is 1.17 bits per heavy atom. The van der Waals surface area contributed by atoms with E-state index in [2.05, 4.69) is 9.88 Å². The molecule has 0 spiro atoms. The lowest BCUT2D eigenvalue weighted by molar-refractivity contribution is 0.303. The predicted molar refractivity (Wildman–Crippen MR) is 96.1 cm³/mol. The van der Waals surface area contributed by atoms with Gasteiger partial charge in [-0.05, 0) is 56.0 Å². The maximum absolute atomic E-state index is 8.59. The number of benzene rings is 1. The number of ether oxygens (including phenoxy) is 1. The number of pyridine rings is 1. The number of hydrogen-bond acceptors (Lipinski definition) is 5. The average Bonchev–Trinajstić information content (AvgIpc) is 3.24. The summed E-state index contributed by atoms with van der Waals surface area (Å²) >= 11 is 0. The molecule has 1 saturated carbocycles. The van der Waals surface area contributed by atoms with Crippen LogP contribution in [0, 0.1) is 5.41 Å². The molecule has 5 heteroatoms. The Hall–Kier alpha value is -2.56. The molecule has 2 aromatic rings. The van der Waals surface area contributed by atoms with Gasteiger partial charge in [-0.1, -0.05) is 0 Å². The fourth-order valence-electron chi connectivity index (χ4n) is 3.05. The van der Waals surface area contributed by atoms with E-state index < -0.39 is 0 Å². The molecule has 5 nitrogen and oxygen atoms in total. The lowest BCUT2D eigenvalue weighted by atomic mass is 10.0. The minimum Gasteiger partial charge on any atom is -0.490 e. The first-order valence-corrected chi connectivity index (χ1v) is 8.57. The van der Waals surface area contributed by atoms with Crippen molar-refractivity contribution in [3.8, 4) is 5.75 Å². The Morgan fingerprint density at radius 3 is 2.71 bits per heavy atom. The summed E-state index contributed by atoms with van der Waals surface area (Å²) in [6, 6.07) is 9.44. The first-order valence-electron chi connectivity index (χ1n) is 8.57. The Kier molecular flexibility index (Phi) is 3.84. The van der Waals surface area contributed by atoms with Crippen molar-refractivity contribution in [2.24, 2.45) is 0 Å². The molecule has 24 heavy (non-hydrogen) atoms. The minimum atomic E-state index is 0.332. The maximum Gasteiger partial charge on any atom is 0.129 e. The van der Waals surface area contributed by atoms with E-state index in [9.17, 15) is 0 Å². The molecule has 4 rings (SSSR count). The SMILES string of the molecule is N=C(c1ccnc(N2CCCC2)c1)c1cc(OC2CC2)ccc1N. The van der Waals surface area contributed by atoms with Crippen LogP contribution in [0.5, 0.6) is 5.75 Å². The van der Waals surface area contributed by atoms with Crippen molar-refractivity contribution in [2.75, 3.05) is 23.7 Å². The molecule has 2 heterocycles. The van der Waals surface area contributed by atoms with Gasteiger partial charge in [-0.3, -0.25) is 5.41 Å². The highest BCUT2D eigenvalue weighted by molar-refractivity contribution is 6.14. The number of rotatable bonds is 5. The number of anilines is 2. The molecule has 1 aromatic heterocycles. The van der Waals surface area contributed by atoms with E-state index in [-0.39, 0.29) is 0 Å². The molecule has 2 fully saturated rings.